The first kappa shape index (κ1) is 24.5. The predicted octanol–water partition coefficient (Wildman–Crippen LogP) is 3.67. The topological polar surface area (TPSA) is 76.2 Å². The fourth-order valence-electron chi connectivity index (χ4n) is 3.91. The minimum Gasteiger partial charge on any atom is -0.493 e. The van der Waals surface area contributed by atoms with Crippen LogP contribution in [0.3, 0.4) is 0 Å². The number of carbonyl (C=O) groups is 1. The molecule has 0 atom stereocenters. The Bertz CT molecular complexity index is 1030. The number of hydrogen-bond donors (Lipinski definition) is 0. The van der Waals surface area contributed by atoms with Gasteiger partial charge in [-0.05, 0) is 48.2 Å². The summed E-state index contributed by atoms with van der Waals surface area (Å²) in [6.07, 6.45) is 1.04. The van der Waals surface area contributed by atoms with E-state index in [9.17, 15) is 13.2 Å². The number of piperidine rings is 1. The highest BCUT2D eigenvalue weighted by atomic mass is 79.9. The van der Waals surface area contributed by atoms with E-state index >= 15 is 0 Å². The number of nitrogens with zero attached hydrogens (tertiary/aromatic N) is 2. The first-order valence-electron chi connectivity index (χ1n) is 10.4. The van der Waals surface area contributed by atoms with E-state index in [0.29, 0.717) is 44.0 Å². The number of benzene rings is 2. The van der Waals surface area contributed by atoms with Crippen molar-refractivity contribution in [1.29, 1.82) is 0 Å². The molecule has 0 spiro atoms. The van der Waals surface area contributed by atoms with E-state index in [-0.39, 0.29) is 17.6 Å². The average molecular weight is 525 g/mol. The van der Waals surface area contributed by atoms with Gasteiger partial charge >= 0.3 is 0 Å². The summed E-state index contributed by atoms with van der Waals surface area (Å²) in [5.74, 6) is 1.08. The molecule has 1 fully saturated rings. The number of ether oxygens (including phenoxy) is 2. The molecule has 1 aliphatic heterocycles. The van der Waals surface area contributed by atoms with Gasteiger partial charge in [0.25, 0.3) is 0 Å². The Kier molecular flexibility index (Phi) is 8.19. The number of hydrogen-bond acceptors (Lipinski definition) is 5. The van der Waals surface area contributed by atoms with Gasteiger partial charge < -0.3 is 14.4 Å². The van der Waals surface area contributed by atoms with Crippen LogP contribution in [0.2, 0.25) is 0 Å². The van der Waals surface area contributed by atoms with Crippen LogP contribution in [0.15, 0.2) is 46.9 Å². The third kappa shape index (κ3) is 6.02. The van der Waals surface area contributed by atoms with Gasteiger partial charge in [0.2, 0.25) is 15.9 Å². The van der Waals surface area contributed by atoms with Crippen molar-refractivity contribution in [2.45, 2.75) is 25.1 Å². The molecule has 9 heteroatoms. The van der Waals surface area contributed by atoms with Crippen LogP contribution >= 0.6 is 15.9 Å². The molecule has 32 heavy (non-hydrogen) atoms. The zero-order chi connectivity index (χ0) is 23.3. The highest BCUT2D eigenvalue weighted by Gasteiger charge is 2.32. The summed E-state index contributed by atoms with van der Waals surface area (Å²) in [5, 5.41) is 0. The van der Waals surface area contributed by atoms with Gasteiger partial charge in [0.05, 0.1) is 20.0 Å². The molecule has 3 rings (SSSR count). The Balaban J connectivity index is 1.56. The molecule has 1 aliphatic rings. The molecular weight excluding hydrogens is 496 g/mol. The molecule has 1 saturated heterocycles. The SMILES string of the molecule is COc1ccc(CN(C)C(=O)C2CCN(S(=O)(=O)Cc3ccc(Br)cc3)CC2)cc1OC. The van der Waals surface area contributed by atoms with E-state index in [1.807, 2.05) is 30.3 Å². The van der Waals surface area contributed by atoms with Gasteiger partial charge in [-0.2, -0.15) is 0 Å². The van der Waals surface area contributed by atoms with Crippen LogP contribution in [0.25, 0.3) is 0 Å². The van der Waals surface area contributed by atoms with Crippen molar-refractivity contribution in [3.8, 4) is 11.5 Å². The highest BCUT2D eigenvalue weighted by Crippen LogP contribution is 2.29. The van der Waals surface area contributed by atoms with Gasteiger partial charge in [-0.3, -0.25) is 4.79 Å². The number of halogens is 1. The second-order valence-electron chi connectivity index (χ2n) is 7.94. The highest BCUT2D eigenvalue weighted by molar-refractivity contribution is 9.10. The molecule has 7 nitrogen and oxygen atoms in total. The molecule has 0 unspecified atom stereocenters. The molecule has 0 bridgehead atoms. The van der Waals surface area contributed by atoms with Crippen molar-refractivity contribution in [1.82, 2.24) is 9.21 Å². The third-order valence-corrected chi connectivity index (χ3v) is 8.08. The summed E-state index contributed by atoms with van der Waals surface area (Å²) < 4.78 is 38.6. The molecule has 1 heterocycles. The smallest absolute Gasteiger partial charge is 0.225 e. The zero-order valence-electron chi connectivity index (χ0n) is 18.6. The first-order chi connectivity index (χ1) is 15.2. The summed E-state index contributed by atoms with van der Waals surface area (Å²) in [6, 6.07) is 12.9. The maximum Gasteiger partial charge on any atom is 0.225 e. The number of methoxy groups -OCH3 is 2. The fraction of sp³-hybridized carbons (Fsp3) is 0.435. The number of carbonyl (C=O) groups excluding carboxylic acids is 1. The second kappa shape index (κ2) is 10.7. The minimum absolute atomic E-state index is 0.0297. The molecule has 0 aliphatic carbocycles. The molecule has 0 radical (unpaired) electrons. The van der Waals surface area contributed by atoms with Crippen molar-refractivity contribution >= 4 is 31.9 Å². The van der Waals surface area contributed by atoms with Crippen molar-refractivity contribution < 1.29 is 22.7 Å². The standard InChI is InChI=1S/C23H29BrN2O5S/c1-25(15-18-6-9-21(30-2)22(14-18)31-3)23(27)19-10-12-26(13-11-19)32(28,29)16-17-4-7-20(24)8-5-17/h4-9,14,19H,10-13,15-16H2,1-3H3. The zero-order valence-corrected chi connectivity index (χ0v) is 21.0. The summed E-state index contributed by atoms with van der Waals surface area (Å²) >= 11 is 3.36. The lowest BCUT2D eigenvalue weighted by molar-refractivity contribution is -0.135. The van der Waals surface area contributed by atoms with Crippen molar-refractivity contribution in [2.24, 2.45) is 5.92 Å². The van der Waals surface area contributed by atoms with Crippen LogP contribution in [0.5, 0.6) is 11.5 Å². The van der Waals surface area contributed by atoms with E-state index in [1.54, 1.807) is 38.3 Å². The molecule has 0 aromatic heterocycles. The third-order valence-electron chi connectivity index (χ3n) is 5.70. The van der Waals surface area contributed by atoms with Gasteiger partial charge in [-0.25, -0.2) is 12.7 Å². The maximum absolute atomic E-state index is 13.0. The normalized spacial score (nSPS) is 15.4. The molecule has 2 aromatic carbocycles. The van der Waals surface area contributed by atoms with Crippen molar-refractivity contribution in [2.75, 3.05) is 34.4 Å². The van der Waals surface area contributed by atoms with Gasteiger partial charge in [0.1, 0.15) is 0 Å². The lowest BCUT2D eigenvalue weighted by atomic mass is 9.96. The van der Waals surface area contributed by atoms with Gasteiger partial charge in [-0.15, -0.1) is 0 Å². The lowest BCUT2D eigenvalue weighted by Crippen LogP contribution is -2.43. The van der Waals surface area contributed by atoms with E-state index in [2.05, 4.69) is 15.9 Å². The van der Waals surface area contributed by atoms with Crippen molar-refractivity contribution in [3.05, 3.63) is 58.1 Å². The summed E-state index contributed by atoms with van der Waals surface area (Å²) in [6.45, 7) is 1.17. The number of amides is 1. The van der Waals surface area contributed by atoms with Crippen LogP contribution in [0.4, 0.5) is 0 Å². The van der Waals surface area contributed by atoms with E-state index in [4.69, 9.17) is 9.47 Å². The Morgan fingerprint density at radius 1 is 1.03 bits per heavy atom. The summed E-state index contributed by atoms with van der Waals surface area (Å²) in [7, 11) is 1.52. The van der Waals surface area contributed by atoms with E-state index < -0.39 is 10.0 Å². The maximum atomic E-state index is 13.0. The van der Waals surface area contributed by atoms with Crippen LogP contribution in [-0.4, -0.2) is 57.9 Å². The Hall–Kier alpha value is -2.10. The van der Waals surface area contributed by atoms with E-state index in [0.717, 1.165) is 15.6 Å². The summed E-state index contributed by atoms with van der Waals surface area (Å²) in [4.78, 5) is 14.6. The first-order valence-corrected chi connectivity index (χ1v) is 12.8. The Morgan fingerprint density at radius 3 is 2.22 bits per heavy atom. The van der Waals surface area contributed by atoms with Crippen molar-refractivity contribution in [3.63, 3.8) is 0 Å². The molecule has 2 aromatic rings. The molecule has 174 valence electrons. The summed E-state index contributed by atoms with van der Waals surface area (Å²) in [5.41, 5.74) is 1.69. The second-order valence-corrected chi connectivity index (χ2v) is 10.8. The van der Waals surface area contributed by atoms with Crippen LogP contribution < -0.4 is 9.47 Å². The number of sulfonamides is 1. The van der Waals surface area contributed by atoms with Gasteiger partial charge in [-0.1, -0.05) is 34.1 Å². The molecule has 0 N–H and O–H groups in total. The number of rotatable bonds is 8. The van der Waals surface area contributed by atoms with Gasteiger partial charge in [0, 0.05) is 37.1 Å². The predicted molar refractivity (Wildman–Crippen MR) is 127 cm³/mol. The quantitative estimate of drug-likeness (QED) is 0.526. The van der Waals surface area contributed by atoms with E-state index in [1.165, 1.54) is 4.31 Å². The minimum atomic E-state index is -3.41. The Labute approximate surface area is 198 Å². The molecule has 1 amide bonds. The molecule has 0 saturated carbocycles. The monoisotopic (exact) mass is 524 g/mol. The largest absolute Gasteiger partial charge is 0.493 e. The average Bonchev–Trinajstić information content (AvgIpc) is 2.80. The Morgan fingerprint density at radius 2 is 1.62 bits per heavy atom. The van der Waals surface area contributed by atoms with Crippen LogP contribution in [0.1, 0.15) is 24.0 Å². The van der Waals surface area contributed by atoms with Gasteiger partial charge in [0.15, 0.2) is 11.5 Å². The fourth-order valence-corrected chi connectivity index (χ4v) is 5.73. The van der Waals surface area contributed by atoms with Crippen LogP contribution in [0, 0.1) is 5.92 Å². The lowest BCUT2D eigenvalue weighted by Gasteiger charge is -2.32. The molecular formula is C23H29BrN2O5S. The van der Waals surface area contributed by atoms with Crippen LogP contribution in [-0.2, 0) is 27.1 Å².